The molecule has 4 aromatic rings. The van der Waals surface area contributed by atoms with Gasteiger partial charge in [-0.25, -0.2) is 8.42 Å². The third-order valence-electron chi connectivity index (χ3n) is 5.06. The normalized spacial score (nSPS) is 14.8. The van der Waals surface area contributed by atoms with Crippen LogP contribution >= 0.6 is 0 Å². The molecule has 0 N–H and O–H groups in total. The SMILES string of the molecule is CC(=O)N1c2ccc3ccccc3c2S(=O)(=O)c2ccc3ccccc3c21. The van der Waals surface area contributed by atoms with Gasteiger partial charge in [-0.2, -0.15) is 0 Å². The number of fused-ring (bicyclic) bond motifs is 6. The number of carbonyl (C=O) groups is 1. The van der Waals surface area contributed by atoms with Gasteiger partial charge in [0.25, 0.3) is 0 Å². The molecule has 5 heteroatoms. The molecule has 1 heterocycles. The van der Waals surface area contributed by atoms with Crippen molar-refractivity contribution in [2.24, 2.45) is 0 Å². The first-order chi connectivity index (χ1) is 13.0. The molecular formula is C22H15NO3S. The molecule has 0 saturated heterocycles. The number of nitrogens with zero attached hydrogens (tertiary/aromatic N) is 1. The van der Waals surface area contributed by atoms with E-state index < -0.39 is 9.84 Å². The maximum atomic E-state index is 13.6. The third kappa shape index (κ3) is 2.09. The summed E-state index contributed by atoms with van der Waals surface area (Å²) in [7, 11) is -3.78. The number of hydrogen-bond acceptors (Lipinski definition) is 3. The van der Waals surface area contributed by atoms with E-state index in [0.29, 0.717) is 16.8 Å². The maximum absolute atomic E-state index is 13.6. The predicted molar refractivity (Wildman–Crippen MR) is 106 cm³/mol. The minimum Gasteiger partial charge on any atom is -0.278 e. The molecule has 0 unspecified atom stereocenters. The fraction of sp³-hybridized carbons (Fsp3) is 0.0455. The number of sulfone groups is 1. The molecule has 1 amide bonds. The molecule has 0 saturated carbocycles. The highest BCUT2D eigenvalue weighted by molar-refractivity contribution is 7.92. The van der Waals surface area contributed by atoms with Gasteiger partial charge in [0.2, 0.25) is 15.7 Å². The number of carbonyl (C=O) groups excluding carboxylic acids is 1. The molecule has 0 radical (unpaired) electrons. The Morgan fingerprint density at radius 2 is 1.37 bits per heavy atom. The summed E-state index contributed by atoms with van der Waals surface area (Å²) < 4.78 is 27.2. The summed E-state index contributed by atoms with van der Waals surface area (Å²) in [5, 5.41) is 3.09. The second-order valence-electron chi connectivity index (χ2n) is 6.63. The Labute approximate surface area is 156 Å². The summed E-state index contributed by atoms with van der Waals surface area (Å²) in [6, 6.07) is 21.8. The van der Waals surface area contributed by atoms with Crippen LogP contribution in [0.3, 0.4) is 0 Å². The van der Waals surface area contributed by atoms with Gasteiger partial charge in [0.05, 0.1) is 16.3 Å². The van der Waals surface area contributed by atoms with Crippen LogP contribution in [0.4, 0.5) is 11.4 Å². The molecule has 1 aliphatic rings. The monoisotopic (exact) mass is 373 g/mol. The van der Waals surface area contributed by atoms with Gasteiger partial charge in [-0.15, -0.1) is 0 Å². The second-order valence-corrected chi connectivity index (χ2v) is 8.48. The van der Waals surface area contributed by atoms with Gasteiger partial charge in [-0.05, 0) is 22.9 Å². The highest BCUT2D eigenvalue weighted by atomic mass is 32.2. The summed E-state index contributed by atoms with van der Waals surface area (Å²) >= 11 is 0. The van der Waals surface area contributed by atoms with Gasteiger partial charge < -0.3 is 0 Å². The number of hydrogen-bond donors (Lipinski definition) is 0. The van der Waals surface area contributed by atoms with E-state index in [1.807, 2.05) is 48.5 Å². The van der Waals surface area contributed by atoms with Crippen LogP contribution in [0.15, 0.2) is 82.6 Å². The van der Waals surface area contributed by atoms with Gasteiger partial charge in [-0.1, -0.05) is 60.7 Å². The summed E-state index contributed by atoms with van der Waals surface area (Å²) in [6.07, 6.45) is 0. The Morgan fingerprint density at radius 3 is 2.07 bits per heavy atom. The molecule has 1 aliphatic heterocycles. The first kappa shape index (κ1) is 16.0. The van der Waals surface area contributed by atoms with Gasteiger partial charge in [0.15, 0.2) is 0 Å². The van der Waals surface area contributed by atoms with E-state index >= 15 is 0 Å². The van der Waals surface area contributed by atoms with Gasteiger partial charge >= 0.3 is 0 Å². The Morgan fingerprint density at radius 1 is 0.778 bits per heavy atom. The lowest BCUT2D eigenvalue weighted by Gasteiger charge is -2.32. The first-order valence-electron chi connectivity index (χ1n) is 8.59. The van der Waals surface area contributed by atoms with E-state index in [9.17, 15) is 13.2 Å². The Bertz CT molecular complexity index is 1370. The maximum Gasteiger partial charge on any atom is 0.228 e. The van der Waals surface area contributed by atoms with Crippen molar-refractivity contribution in [2.75, 3.05) is 4.90 Å². The largest absolute Gasteiger partial charge is 0.278 e. The van der Waals surface area contributed by atoms with Crippen molar-refractivity contribution in [3.8, 4) is 0 Å². The summed E-state index contributed by atoms with van der Waals surface area (Å²) in [4.78, 5) is 14.5. The molecule has 132 valence electrons. The standard InChI is InChI=1S/C22H15NO3S/c1-14(24)23-19-12-10-16-7-3-5-9-18(16)22(19)27(25,26)20-13-11-15-6-2-4-8-17(15)21(20)23/h2-13H,1H3. The van der Waals surface area contributed by atoms with E-state index in [1.165, 1.54) is 11.8 Å². The lowest BCUT2D eigenvalue weighted by molar-refractivity contribution is -0.115. The van der Waals surface area contributed by atoms with E-state index in [0.717, 1.165) is 16.2 Å². The van der Waals surface area contributed by atoms with Gasteiger partial charge in [0.1, 0.15) is 4.90 Å². The average Bonchev–Trinajstić information content (AvgIpc) is 2.67. The number of anilines is 2. The molecule has 0 spiro atoms. The summed E-state index contributed by atoms with van der Waals surface area (Å²) in [5.74, 6) is -0.223. The fourth-order valence-electron chi connectivity index (χ4n) is 3.93. The highest BCUT2D eigenvalue weighted by Crippen LogP contribution is 2.49. The van der Waals surface area contributed by atoms with Crippen LogP contribution < -0.4 is 4.90 Å². The lowest BCUT2D eigenvalue weighted by atomic mass is 10.0. The zero-order chi connectivity index (χ0) is 18.8. The van der Waals surface area contributed by atoms with Crippen molar-refractivity contribution in [1.82, 2.24) is 0 Å². The number of benzene rings is 4. The van der Waals surface area contributed by atoms with Crippen molar-refractivity contribution in [2.45, 2.75) is 16.7 Å². The minimum absolute atomic E-state index is 0.167. The predicted octanol–water partition coefficient (Wildman–Crippen LogP) is 4.82. The van der Waals surface area contributed by atoms with Crippen LogP contribution in [-0.4, -0.2) is 14.3 Å². The van der Waals surface area contributed by atoms with Crippen molar-refractivity contribution in [3.05, 3.63) is 72.8 Å². The Hall–Kier alpha value is -3.18. The van der Waals surface area contributed by atoms with Crippen LogP contribution in [0.1, 0.15) is 6.92 Å². The van der Waals surface area contributed by atoms with Crippen LogP contribution in [0.2, 0.25) is 0 Å². The Balaban J connectivity index is 2.01. The molecule has 0 bridgehead atoms. The molecule has 0 aliphatic carbocycles. The molecule has 4 nitrogen and oxygen atoms in total. The van der Waals surface area contributed by atoms with E-state index in [2.05, 4.69) is 0 Å². The molecule has 27 heavy (non-hydrogen) atoms. The van der Waals surface area contributed by atoms with Crippen LogP contribution in [-0.2, 0) is 14.6 Å². The molecule has 0 aromatic heterocycles. The van der Waals surface area contributed by atoms with Crippen molar-refractivity contribution in [3.63, 3.8) is 0 Å². The quantitative estimate of drug-likeness (QED) is 0.444. The van der Waals surface area contributed by atoms with E-state index in [-0.39, 0.29) is 15.7 Å². The zero-order valence-corrected chi connectivity index (χ0v) is 15.3. The number of amides is 1. The van der Waals surface area contributed by atoms with Crippen LogP contribution in [0, 0.1) is 0 Å². The molecular weight excluding hydrogens is 358 g/mol. The third-order valence-corrected chi connectivity index (χ3v) is 6.94. The topological polar surface area (TPSA) is 54.5 Å². The van der Waals surface area contributed by atoms with E-state index in [1.54, 1.807) is 24.3 Å². The van der Waals surface area contributed by atoms with E-state index in [4.69, 9.17) is 0 Å². The zero-order valence-electron chi connectivity index (χ0n) is 14.5. The molecule has 0 atom stereocenters. The second kappa shape index (κ2) is 5.41. The number of rotatable bonds is 0. The summed E-state index contributed by atoms with van der Waals surface area (Å²) in [6.45, 7) is 1.46. The smallest absolute Gasteiger partial charge is 0.228 e. The Kier molecular flexibility index (Phi) is 3.21. The van der Waals surface area contributed by atoms with Gasteiger partial charge in [-0.3, -0.25) is 9.69 Å². The highest BCUT2D eigenvalue weighted by Gasteiger charge is 2.38. The van der Waals surface area contributed by atoms with Crippen molar-refractivity contribution >= 4 is 48.7 Å². The average molecular weight is 373 g/mol. The van der Waals surface area contributed by atoms with Crippen LogP contribution in [0.25, 0.3) is 21.5 Å². The molecule has 4 aromatic carbocycles. The molecule has 0 fully saturated rings. The lowest BCUT2D eigenvalue weighted by Crippen LogP contribution is -2.30. The van der Waals surface area contributed by atoms with Crippen molar-refractivity contribution < 1.29 is 13.2 Å². The van der Waals surface area contributed by atoms with Crippen LogP contribution in [0.5, 0.6) is 0 Å². The van der Waals surface area contributed by atoms with Gasteiger partial charge in [0, 0.05) is 17.7 Å². The fourth-order valence-corrected chi connectivity index (χ4v) is 5.76. The summed E-state index contributed by atoms with van der Waals surface area (Å²) in [5.41, 5.74) is 0.841. The first-order valence-corrected chi connectivity index (χ1v) is 10.1. The van der Waals surface area contributed by atoms with Crippen molar-refractivity contribution in [1.29, 1.82) is 0 Å². The molecule has 5 rings (SSSR count). The minimum atomic E-state index is -3.78.